The van der Waals surface area contributed by atoms with Gasteiger partial charge in [-0.1, -0.05) is 0 Å². The lowest BCUT2D eigenvalue weighted by Gasteiger charge is -2.21. The molecule has 0 spiro atoms. The fourth-order valence-electron chi connectivity index (χ4n) is 1.46. The molecule has 19 heavy (non-hydrogen) atoms. The predicted octanol–water partition coefficient (Wildman–Crippen LogP) is -0.368. The van der Waals surface area contributed by atoms with Crippen molar-refractivity contribution in [2.24, 2.45) is 5.73 Å². The van der Waals surface area contributed by atoms with Gasteiger partial charge in [0.1, 0.15) is 11.6 Å². The molecule has 0 amide bonds. The molecule has 0 heterocycles. The van der Waals surface area contributed by atoms with Crippen LogP contribution in [0.15, 0.2) is 0 Å². The van der Waals surface area contributed by atoms with Crippen LogP contribution in [0.5, 0.6) is 0 Å². The number of carbonyl (C=O) groups excluding carboxylic acids is 1. The fourth-order valence-corrected chi connectivity index (χ4v) is 1.46. The largest absolute Gasteiger partial charge is 0.480 e. The van der Waals surface area contributed by atoms with E-state index in [4.69, 9.17) is 15.6 Å². The van der Waals surface area contributed by atoms with E-state index in [9.17, 15) is 19.8 Å². The van der Waals surface area contributed by atoms with Gasteiger partial charge < -0.3 is 25.8 Å². The lowest BCUT2D eigenvalue weighted by Crippen LogP contribution is -2.35. The number of esters is 1. The normalized spacial score (nSPS) is 16.5. The van der Waals surface area contributed by atoms with Crippen molar-refractivity contribution < 1.29 is 29.6 Å². The van der Waals surface area contributed by atoms with Crippen LogP contribution in [0.1, 0.15) is 40.0 Å². The van der Waals surface area contributed by atoms with E-state index in [0.717, 1.165) is 0 Å². The third kappa shape index (κ3) is 9.40. The third-order valence-corrected chi connectivity index (χ3v) is 2.21. The highest BCUT2D eigenvalue weighted by molar-refractivity contribution is 5.73. The Bertz CT molecular complexity index is 312. The zero-order chi connectivity index (χ0) is 15.2. The number of aliphatic hydroxyl groups excluding tert-OH is 2. The number of hydrogen-bond acceptors (Lipinski definition) is 6. The molecule has 0 fully saturated rings. The standard InChI is InChI=1S/C12H23NO6/c1-12(2,3)19-10(16)6-8(15)4-7(14)5-9(13)11(17)18/h7-9,14-15H,4-6,13H2,1-3H3,(H,17,18)/t7-,8+,9-/m1/s1. The van der Waals surface area contributed by atoms with Gasteiger partial charge in [0.15, 0.2) is 0 Å². The molecule has 0 unspecified atom stereocenters. The first-order valence-corrected chi connectivity index (χ1v) is 6.07. The Labute approximate surface area is 112 Å². The monoisotopic (exact) mass is 277 g/mol. The lowest BCUT2D eigenvalue weighted by molar-refractivity contribution is -0.157. The minimum atomic E-state index is -1.22. The average molecular weight is 277 g/mol. The minimum absolute atomic E-state index is 0.125. The topological polar surface area (TPSA) is 130 Å². The molecule has 0 aromatic rings. The van der Waals surface area contributed by atoms with Gasteiger partial charge in [-0.05, 0) is 33.6 Å². The fraction of sp³-hybridized carbons (Fsp3) is 0.833. The second kappa shape index (κ2) is 7.42. The Balaban J connectivity index is 4.07. The van der Waals surface area contributed by atoms with Crippen LogP contribution in [0.4, 0.5) is 0 Å². The van der Waals surface area contributed by atoms with E-state index in [-0.39, 0.29) is 19.3 Å². The Hall–Kier alpha value is -1.18. The highest BCUT2D eigenvalue weighted by atomic mass is 16.6. The molecule has 0 rings (SSSR count). The maximum atomic E-state index is 11.4. The summed E-state index contributed by atoms with van der Waals surface area (Å²) in [6.07, 6.45) is -2.73. The number of carbonyl (C=O) groups is 2. The van der Waals surface area contributed by atoms with E-state index in [0.29, 0.717) is 0 Å². The molecule has 5 N–H and O–H groups in total. The molecule has 0 radical (unpaired) electrons. The molecule has 7 heteroatoms. The van der Waals surface area contributed by atoms with Gasteiger partial charge in [-0.15, -0.1) is 0 Å². The summed E-state index contributed by atoms with van der Waals surface area (Å²) in [5.41, 5.74) is 4.61. The summed E-state index contributed by atoms with van der Waals surface area (Å²) in [5.74, 6) is -1.80. The van der Waals surface area contributed by atoms with Crippen LogP contribution in [0.3, 0.4) is 0 Å². The second-order valence-electron chi connectivity index (χ2n) is 5.51. The smallest absolute Gasteiger partial charge is 0.320 e. The van der Waals surface area contributed by atoms with Gasteiger partial charge in [-0.25, -0.2) is 0 Å². The molecule has 7 nitrogen and oxygen atoms in total. The van der Waals surface area contributed by atoms with Crippen molar-refractivity contribution in [3.8, 4) is 0 Å². The van der Waals surface area contributed by atoms with Crippen molar-refractivity contribution in [3.05, 3.63) is 0 Å². The summed E-state index contributed by atoms with van der Waals surface area (Å²) in [6.45, 7) is 5.12. The number of hydrogen-bond donors (Lipinski definition) is 4. The molecule has 3 atom stereocenters. The van der Waals surface area contributed by atoms with Crippen molar-refractivity contribution in [2.75, 3.05) is 0 Å². The van der Waals surface area contributed by atoms with Crippen molar-refractivity contribution in [1.82, 2.24) is 0 Å². The average Bonchev–Trinajstić information content (AvgIpc) is 2.12. The Kier molecular flexibility index (Phi) is 6.96. The van der Waals surface area contributed by atoms with Crippen LogP contribution < -0.4 is 5.73 Å². The number of aliphatic hydroxyl groups is 2. The zero-order valence-corrected chi connectivity index (χ0v) is 11.5. The minimum Gasteiger partial charge on any atom is -0.480 e. The first-order valence-electron chi connectivity index (χ1n) is 6.07. The molecular weight excluding hydrogens is 254 g/mol. The molecule has 0 aromatic heterocycles. The van der Waals surface area contributed by atoms with Crippen molar-refractivity contribution in [2.45, 2.75) is 63.9 Å². The van der Waals surface area contributed by atoms with Gasteiger partial charge in [0, 0.05) is 0 Å². The Morgan fingerprint density at radius 1 is 1.16 bits per heavy atom. The number of nitrogens with two attached hydrogens (primary N) is 1. The highest BCUT2D eigenvalue weighted by Crippen LogP contribution is 2.12. The van der Waals surface area contributed by atoms with Crippen LogP contribution in [0.2, 0.25) is 0 Å². The van der Waals surface area contributed by atoms with Crippen LogP contribution in [-0.2, 0) is 14.3 Å². The van der Waals surface area contributed by atoms with Crippen LogP contribution in [0.25, 0.3) is 0 Å². The highest BCUT2D eigenvalue weighted by Gasteiger charge is 2.23. The summed E-state index contributed by atoms with van der Waals surface area (Å²) in [6, 6.07) is -1.19. The molecule has 0 saturated heterocycles. The van der Waals surface area contributed by atoms with Gasteiger partial charge in [-0.2, -0.15) is 0 Å². The quantitative estimate of drug-likeness (QED) is 0.467. The second-order valence-corrected chi connectivity index (χ2v) is 5.51. The maximum absolute atomic E-state index is 11.4. The van der Waals surface area contributed by atoms with E-state index >= 15 is 0 Å². The first-order chi connectivity index (χ1) is 8.51. The molecular formula is C12H23NO6. The molecule has 0 aliphatic heterocycles. The summed E-state index contributed by atoms with van der Waals surface area (Å²) in [4.78, 5) is 21.9. The van der Waals surface area contributed by atoms with Gasteiger partial charge in [0.05, 0.1) is 18.6 Å². The molecule has 112 valence electrons. The maximum Gasteiger partial charge on any atom is 0.320 e. The van der Waals surface area contributed by atoms with Crippen molar-refractivity contribution in [1.29, 1.82) is 0 Å². The molecule has 0 saturated carbocycles. The van der Waals surface area contributed by atoms with E-state index < -0.39 is 35.8 Å². The molecule has 0 bridgehead atoms. The number of carboxylic acids is 1. The van der Waals surface area contributed by atoms with Gasteiger partial charge >= 0.3 is 11.9 Å². The van der Waals surface area contributed by atoms with E-state index in [2.05, 4.69) is 0 Å². The zero-order valence-electron chi connectivity index (χ0n) is 11.5. The number of aliphatic carboxylic acids is 1. The molecule has 0 aliphatic carbocycles. The van der Waals surface area contributed by atoms with Crippen LogP contribution in [0, 0.1) is 0 Å². The number of rotatable bonds is 7. The number of carboxylic acid groups (broad SMARTS) is 1. The summed E-state index contributed by atoms with van der Waals surface area (Å²) >= 11 is 0. The molecule has 0 aromatic carbocycles. The van der Waals surface area contributed by atoms with E-state index in [1.54, 1.807) is 20.8 Å². The van der Waals surface area contributed by atoms with Gasteiger partial charge in [0.25, 0.3) is 0 Å². The van der Waals surface area contributed by atoms with Crippen molar-refractivity contribution in [3.63, 3.8) is 0 Å². The Morgan fingerprint density at radius 3 is 2.11 bits per heavy atom. The first kappa shape index (κ1) is 17.8. The van der Waals surface area contributed by atoms with E-state index in [1.165, 1.54) is 0 Å². The summed E-state index contributed by atoms with van der Waals surface area (Å²) in [7, 11) is 0. The van der Waals surface area contributed by atoms with Gasteiger partial charge in [-0.3, -0.25) is 9.59 Å². The SMILES string of the molecule is CC(C)(C)OC(=O)C[C@@H](O)C[C@@H](O)C[C@@H](N)C(=O)O. The predicted molar refractivity (Wildman–Crippen MR) is 67.3 cm³/mol. The lowest BCUT2D eigenvalue weighted by atomic mass is 10.0. The third-order valence-electron chi connectivity index (χ3n) is 2.21. The van der Waals surface area contributed by atoms with Crippen molar-refractivity contribution >= 4 is 11.9 Å². The van der Waals surface area contributed by atoms with E-state index in [1.807, 2.05) is 0 Å². The summed E-state index contributed by atoms with van der Waals surface area (Å²) < 4.78 is 5.01. The number of ether oxygens (including phenoxy) is 1. The Morgan fingerprint density at radius 2 is 1.68 bits per heavy atom. The van der Waals surface area contributed by atoms with Gasteiger partial charge in [0.2, 0.25) is 0 Å². The van der Waals surface area contributed by atoms with Crippen LogP contribution >= 0.6 is 0 Å². The molecule has 0 aliphatic rings. The van der Waals surface area contributed by atoms with Crippen LogP contribution in [-0.4, -0.2) is 51.1 Å². The summed E-state index contributed by atoms with van der Waals surface area (Å²) in [5, 5.41) is 27.7.